The molecule has 1 amide bonds. The zero-order valence-corrected chi connectivity index (χ0v) is 13.4. The van der Waals surface area contributed by atoms with Crippen molar-refractivity contribution in [2.24, 2.45) is 0 Å². The van der Waals surface area contributed by atoms with Gasteiger partial charge in [-0.3, -0.25) is 14.8 Å². The van der Waals surface area contributed by atoms with Gasteiger partial charge in [0.15, 0.2) is 0 Å². The average molecular weight is 318 g/mol. The fraction of sp³-hybridized carbons (Fsp3) is 0.105. The molecule has 24 heavy (non-hydrogen) atoms. The van der Waals surface area contributed by atoms with Crippen molar-refractivity contribution in [1.29, 1.82) is 0 Å². The Labute approximate surface area is 141 Å². The highest BCUT2D eigenvalue weighted by Gasteiger charge is 2.14. The largest absolute Gasteiger partial charge is 0.378 e. The van der Waals surface area contributed by atoms with Crippen LogP contribution in [0.3, 0.4) is 0 Å². The van der Waals surface area contributed by atoms with E-state index >= 15 is 0 Å². The Kier molecular flexibility index (Phi) is 4.81. The molecule has 0 saturated heterocycles. The van der Waals surface area contributed by atoms with Gasteiger partial charge in [0, 0.05) is 31.3 Å². The highest BCUT2D eigenvalue weighted by Crippen LogP contribution is 2.16. The van der Waals surface area contributed by atoms with Crippen LogP contribution in [-0.2, 0) is 6.54 Å². The molecule has 3 rings (SSSR count). The average Bonchev–Trinajstić information content (AvgIpc) is 2.67. The van der Waals surface area contributed by atoms with Gasteiger partial charge in [0.1, 0.15) is 0 Å². The van der Waals surface area contributed by atoms with Gasteiger partial charge in [-0.05, 0) is 30.3 Å². The first-order chi connectivity index (χ1) is 11.7. The van der Waals surface area contributed by atoms with Crippen LogP contribution in [-0.4, -0.2) is 22.9 Å². The first kappa shape index (κ1) is 15.7. The smallest absolute Gasteiger partial charge is 0.259 e. The highest BCUT2D eigenvalue weighted by atomic mass is 16.2. The molecule has 0 radical (unpaired) electrons. The third-order valence-electron chi connectivity index (χ3n) is 3.63. The van der Waals surface area contributed by atoms with Crippen LogP contribution in [0.15, 0.2) is 73.2 Å². The first-order valence-electron chi connectivity index (χ1n) is 7.66. The number of pyridine rings is 2. The van der Waals surface area contributed by atoms with E-state index in [1.807, 2.05) is 48.5 Å². The van der Waals surface area contributed by atoms with Gasteiger partial charge >= 0.3 is 0 Å². The lowest BCUT2D eigenvalue weighted by Gasteiger charge is -2.17. The van der Waals surface area contributed by atoms with Crippen LogP contribution >= 0.6 is 0 Å². The van der Waals surface area contributed by atoms with E-state index in [4.69, 9.17) is 0 Å². The van der Waals surface area contributed by atoms with Crippen LogP contribution in [0.2, 0.25) is 0 Å². The molecule has 0 fully saturated rings. The quantitative estimate of drug-likeness (QED) is 0.783. The lowest BCUT2D eigenvalue weighted by atomic mass is 10.2. The Morgan fingerprint density at radius 3 is 2.62 bits per heavy atom. The van der Waals surface area contributed by atoms with Crippen molar-refractivity contribution >= 4 is 17.3 Å². The Bertz CT molecular complexity index is 806. The lowest BCUT2D eigenvalue weighted by Crippen LogP contribution is -2.26. The van der Waals surface area contributed by atoms with Crippen molar-refractivity contribution in [1.82, 2.24) is 9.97 Å². The lowest BCUT2D eigenvalue weighted by molar-refractivity contribution is 0.0992. The van der Waals surface area contributed by atoms with Crippen LogP contribution in [0.4, 0.5) is 11.4 Å². The van der Waals surface area contributed by atoms with Crippen molar-refractivity contribution in [2.75, 3.05) is 17.3 Å². The number of anilines is 2. The molecular weight excluding hydrogens is 300 g/mol. The molecular formula is C19H18N4O. The van der Waals surface area contributed by atoms with Crippen molar-refractivity contribution in [3.8, 4) is 0 Å². The van der Waals surface area contributed by atoms with Gasteiger partial charge in [0.05, 0.1) is 23.5 Å². The maximum absolute atomic E-state index is 12.6. The minimum Gasteiger partial charge on any atom is -0.378 e. The van der Waals surface area contributed by atoms with Crippen LogP contribution in [0.5, 0.6) is 0 Å². The van der Waals surface area contributed by atoms with Gasteiger partial charge in [-0.25, -0.2) is 0 Å². The van der Waals surface area contributed by atoms with Crippen molar-refractivity contribution < 1.29 is 4.79 Å². The number of hydrogen-bond acceptors (Lipinski definition) is 4. The van der Waals surface area contributed by atoms with Crippen LogP contribution in [0, 0.1) is 0 Å². The number of carbonyl (C=O) groups excluding carboxylic acids is 1. The molecule has 2 aromatic heterocycles. The summed E-state index contributed by atoms with van der Waals surface area (Å²) in [6.07, 6.45) is 5.03. The van der Waals surface area contributed by atoms with E-state index in [1.54, 1.807) is 36.6 Å². The monoisotopic (exact) mass is 318 g/mol. The Balaban J connectivity index is 1.71. The molecule has 5 nitrogen and oxygen atoms in total. The molecule has 5 heteroatoms. The number of nitrogens with zero attached hydrogens (tertiary/aromatic N) is 3. The molecule has 120 valence electrons. The number of para-hydroxylation sites is 1. The minimum absolute atomic E-state index is 0.102. The molecule has 0 unspecified atom stereocenters. The van der Waals surface area contributed by atoms with E-state index in [2.05, 4.69) is 15.3 Å². The standard InChI is InChI=1S/C19H18N4O/c1-23(18-8-3-2-4-9-18)19(24)15-11-17(13-20-12-15)22-14-16-7-5-6-10-21-16/h2-13,22H,14H2,1H3. The number of nitrogens with one attached hydrogen (secondary N) is 1. The van der Waals surface area contributed by atoms with Gasteiger partial charge in [-0.1, -0.05) is 24.3 Å². The topological polar surface area (TPSA) is 58.1 Å². The second-order valence-corrected chi connectivity index (χ2v) is 5.34. The molecule has 1 aromatic carbocycles. The summed E-state index contributed by atoms with van der Waals surface area (Å²) in [5.74, 6) is -0.102. The number of rotatable bonds is 5. The van der Waals surface area contributed by atoms with Gasteiger partial charge in [0.2, 0.25) is 0 Å². The van der Waals surface area contributed by atoms with E-state index < -0.39 is 0 Å². The number of benzene rings is 1. The predicted octanol–water partition coefficient (Wildman–Crippen LogP) is 3.37. The minimum atomic E-state index is -0.102. The van der Waals surface area contributed by atoms with Gasteiger partial charge in [0.25, 0.3) is 5.91 Å². The Morgan fingerprint density at radius 1 is 1.08 bits per heavy atom. The van der Waals surface area contributed by atoms with Crippen LogP contribution < -0.4 is 10.2 Å². The fourth-order valence-corrected chi connectivity index (χ4v) is 2.31. The zero-order chi connectivity index (χ0) is 16.8. The van der Waals surface area contributed by atoms with Gasteiger partial charge in [-0.2, -0.15) is 0 Å². The summed E-state index contributed by atoms with van der Waals surface area (Å²) in [6, 6.07) is 17.1. The predicted molar refractivity (Wildman–Crippen MR) is 95.0 cm³/mol. The molecule has 0 saturated carbocycles. The van der Waals surface area contributed by atoms with Gasteiger partial charge < -0.3 is 10.2 Å². The molecule has 0 aliphatic carbocycles. The molecule has 0 spiro atoms. The van der Waals surface area contributed by atoms with Gasteiger partial charge in [-0.15, -0.1) is 0 Å². The normalized spacial score (nSPS) is 10.2. The Hall–Kier alpha value is -3.21. The molecule has 2 heterocycles. The summed E-state index contributed by atoms with van der Waals surface area (Å²) in [5.41, 5.74) is 3.09. The summed E-state index contributed by atoms with van der Waals surface area (Å²) >= 11 is 0. The molecule has 0 bridgehead atoms. The summed E-state index contributed by atoms with van der Waals surface area (Å²) in [5, 5.41) is 3.24. The summed E-state index contributed by atoms with van der Waals surface area (Å²) in [6.45, 7) is 0.578. The molecule has 0 atom stereocenters. The molecule has 3 aromatic rings. The number of amides is 1. The van der Waals surface area contributed by atoms with Crippen molar-refractivity contribution in [2.45, 2.75) is 6.54 Å². The number of aromatic nitrogens is 2. The molecule has 0 aliphatic heterocycles. The van der Waals surface area contributed by atoms with Crippen molar-refractivity contribution in [3.05, 3.63) is 84.4 Å². The maximum atomic E-state index is 12.6. The van der Waals surface area contributed by atoms with E-state index in [1.165, 1.54) is 0 Å². The van der Waals surface area contributed by atoms with E-state index in [9.17, 15) is 4.79 Å². The van der Waals surface area contributed by atoms with Crippen LogP contribution in [0.1, 0.15) is 16.1 Å². The van der Waals surface area contributed by atoms with E-state index in [0.29, 0.717) is 12.1 Å². The second-order valence-electron chi connectivity index (χ2n) is 5.34. The van der Waals surface area contributed by atoms with Crippen LogP contribution in [0.25, 0.3) is 0 Å². The summed E-state index contributed by atoms with van der Waals surface area (Å²) in [7, 11) is 1.76. The summed E-state index contributed by atoms with van der Waals surface area (Å²) < 4.78 is 0. The maximum Gasteiger partial charge on any atom is 0.259 e. The highest BCUT2D eigenvalue weighted by molar-refractivity contribution is 6.05. The zero-order valence-electron chi connectivity index (χ0n) is 13.4. The van der Waals surface area contributed by atoms with E-state index in [0.717, 1.165) is 17.1 Å². The summed E-state index contributed by atoms with van der Waals surface area (Å²) in [4.78, 5) is 22.7. The fourth-order valence-electron chi connectivity index (χ4n) is 2.31. The molecule has 0 aliphatic rings. The SMILES string of the molecule is CN(C(=O)c1cncc(NCc2ccccn2)c1)c1ccccc1. The Morgan fingerprint density at radius 2 is 1.88 bits per heavy atom. The third kappa shape index (κ3) is 3.76. The third-order valence-corrected chi connectivity index (χ3v) is 3.63. The number of hydrogen-bond donors (Lipinski definition) is 1. The first-order valence-corrected chi connectivity index (χ1v) is 7.66. The second kappa shape index (κ2) is 7.37. The number of carbonyl (C=O) groups is 1. The molecule has 1 N–H and O–H groups in total. The van der Waals surface area contributed by atoms with Crippen molar-refractivity contribution in [3.63, 3.8) is 0 Å². The van der Waals surface area contributed by atoms with E-state index in [-0.39, 0.29) is 5.91 Å².